The summed E-state index contributed by atoms with van der Waals surface area (Å²) in [6, 6.07) is 3.56. The minimum absolute atomic E-state index is 0.0787. The van der Waals surface area contributed by atoms with E-state index in [1.54, 1.807) is 4.90 Å². The van der Waals surface area contributed by atoms with E-state index in [9.17, 15) is 14.4 Å². The standard InChI is InChI=1S/C16H17N3O3/c20-13-4-3-12(15(21)18-13)19-8-10-2-1-9-5-6-17-7-11(9)14(10)16(19)22/h1-2,12,17H,3-8H2,(H,18,20,21). The number of rotatable bonds is 1. The first-order valence-electron chi connectivity index (χ1n) is 7.64. The third-order valence-corrected chi connectivity index (χ3v) is 4.77. The molecule has 0 saturated carbocycles. The highest BCUT2D eigenvalue weighted by atomic mass is 16.2. The van der Waals surface area contributed by atoms with E-state index in [0.717, 1.165) is 29.7 Å². The maximum absolute atomic E-state index is 12.8. The zero-order valence-electron chi connectivity index (χ0n) is 12.1. The van der Waals surface area contributed by atoms with Crippen molar-refractivity contribution in [2.75, 3.05) is 6.54 Å². The van der Waals surface area contributed by atoms with Gasteiger partial charge in [-0.2, -0.15) is 0 Å². The van der Waals surface area contributed by atoms with E-state index in [2.05, 4.69) is 16.7 Å². The molecule has 0 spiro atoms. The van der Waals surface area contributed by atoms with Crippen molar-refractivity contribution in [2.24, 2.45) is 0 Å². The first-order chi connectivity index (χ1) is 10.6. The summed E-state index contributed by atoms with van der Waals surface area (Å²) in [6.07, 6.45) is 1.62. The van der Waals surface area contributed by atoms with Gasteiger partial charge in [-0.05, 0) is 36.1 Å². The molecule has 0 bridgehead atoms. The monoisotopic (exact) mass is 299 g/mol. The van der Waals surface area contributed by atoms with Crippen LogP contribution in [0.2, 0.25) is 0 Å². The lowest BCUT2D eigenvalue weighted by molar-refractivity contribution is -0.136. The quantitative estimate of drug-likeness (QED) is 0.721. The lowest BCUT2D eigenvalue weighted by Crippen LogP contribution is -2.52. The van der Waals surface area contributed by atoms with Gasteiger partial charge < -0.3 is 10.2 Å². The molecular formula is C16H17N3O3. The van der Waals surface area contributed by atoms with Crippen LogP contribution in [0.15, 0.2) is 12.1 Å². The number of carbonyl (C=O) groups excluding carboxylic acids is 3. The SMILES string of the molecule is O=C1CCC(N2Cc3ccc4c(c3C2=O)CNCC4)C(=O)N1. The molecule has 4 rings (SSSR count). The van der Waals surface area contributed by atoms with Gasteiger partial charge in [-0.15, -0.1) is 0 Å². The average molecular weight is 299 g/mol. The molecule has 3 aliphatic rings. The lowest BCUT2D eigenvalue weighted by atomic mass is 9.93. The van der Waals surface area contributed by atoms with Crippen LogP contribution in [0, 0.1) is 0 Å². The second-order valence-electron chi connectivity index (χ2n) is 6.06. The molecule has 1 atom stereocenters. The van der Waals surface area contributed by atoms with Gasteiger partial charge in [0, 0.05) is 25.1 Å². The molecule has 3 heterocycles. The maximum Gasteiger partial charge on any atom is 0.255 e. The van der Waals surface area contributed by atoms with Crippen LogP contribution in [0.3, 0.4) is 0 Å². The lowest BCUT2D eigenvalue weighted by Gasteiger charge is -2.29. The largest absolute Gasteiger partial charge is 0.322 e. The predicted octanol–water partition coefficient (Wildman–Crippen LogP) is 0.0933. The second kappa shape index (κ2) is 4.91. The molecule has 0 aliphatic carbocycles. The van der Waals surface area contributed by atoms with Crippen LogP contribution in [0.5, 0.6) is 0 Å². The Kier molecular flexibility index (Phi) is 3.00. The number of imide groups is 1. The van der Waals surface area contributed by atoms with Crippen molar-refractivity contribution < 1.29 is 14.4 Å². The normalized spacial score (nSPS) is 24.1. The van der Waals surface area contributed by atoms with Crippen molar-refractivity contribution in [1.29, 1.82) is 0 Å². The maximum atomic E-state index is 12.8. The molecule has 3 amide bonds. The highest BCUT2D eigenvalue weighted by Gasteiger charge is 2.40. The fourth-order valence-electron chi connectivity index (χ4n) is 3.64. The summed E-state index contributed by atoms with van der Waals surface area (Å²) < 4.78 is 0. The van der Waals surface area contributed by atoms with Crippen LogP contribution in [0.1, 0.15) is 39.9 Å². The summed E-state index contributed by atoms with van der Waals surface area (Å²) >= 11 is 0. The number of piperidine rings is 1. The summed E-state index contributed by atoms with van der Waals surface area (Å²) in [5.41, 5.74) is 4.03. The summed E-state index contributed by atoms with van der Waals surface area (Å²) in [5, 5.41) is 5.64. The van der Waals surface area contributed by atoms with Crippen molar-refractivity contribution in [3.63, 3.8) is 0 Å². The van der Waals surface area contributed by atoms with Gasteiger partial charge in [-0.3, -0.25) is 19.7 Å². The smallest absolute Gasteiger partial charge is 0.255 e. The number of hydrogen-bond donors (Lipinski definition) is 2. The van der Waals surface area contributed by atoms with Gasteiger partial charge in [0.25, 0.3) is 5.91 Å². The van der Waals surface area contributed by atoms with Crippen LogP contribution in [-0.2, 0) is 29.1 Å². The Morgan fingerprint density at radius 2 is 1.91 bits per heavy atom. The second-order valence-corrected chi connectivity index (χ2v) is 6.06. The van der Waals surface area contributed by atoms with Gasteiger partial charge in [0.05, 0.1) is 0 Å². The van der Waals surface area contributed by atoms with Crippen molar-refractivity contribution in [3.8, 4) is 0 Å². The number of fused-ring (bicyclic) bond motifs is 3. The molecule has 3 aliphatic heterocycles. The zero-order valence-corrected chi connectivity index (χ0v) is 12.1. The van der Waals surface area contributed by atoms with Gasteiger partial charge >= 0.3 is 0 Å². The van der Waals surface area contributed by atoms with E-state index >= 15 is 0 Å². The van der Waals surface area contributed by atoms with Gasteiger partial charge in [0.15, 0.2) is 0 Å². The molecule has 114 valence electrons. The number of hydrogen-bond acceptors (Lipinski definition) is 4. The zero-order chi connectivity index (χ0) is 15.3. The molecule has 0 radical (unpaired) electrons. The van der Waals surface area contributed by atoms with Crippen LogP contribution in [0.4, 0.5) is 0 Å². The minimum atomic E-state index is -0.537. The van der Waals surface area contributed by atoms with Gasteiger partial charge in [-0.25, -0.2) is 0 Å². The number of nitrogens with zero attached hydrogens (tertiary/aromatic N) is 1. The molecule has 1 unspecified atom stereocenters. The fourth-order valence-corrected chi connectivity index (χ4v) is 3.64. The average Bonchev–Trinajstić information content (AvgIpc) is 2.85. The van der Waals surface area contributed by atoms with Crippen LogP contribution >= 0.6 is 0 Å². The van der Waals surface area contributed by atoms with E-state index in [-0.39, 0.29) is 24.1 Å². The van der Waals surface area contributed by atoms with E-state index in [1.807, 2.05) is 6.07 Å². The highest BCUT2D eigenvalue weighted by Crippen LogP contribution is 2.32. The van der Waals surface area contributed by atoms with Crippen molar-refractivity contribution >= 4 is 17.7 Å². The van der Waals surface area contributed by atoms with Crippen molar-refractivity contribution in [1.82, 2.24) is 15.5 Å². The highest BCUT2D eigenvalue weighted by molar-refractivity contribution is 6.06. The van der Waals surface area contributed by atoms with Gasteiger partial charge in [0.1, 0.15) is 6.04 Å². The molecule has 1 fully saturated rings. The number of nitrogens with one attached hydrogen (secondary N) is 2. The summed E-state index contributed by atoms with van der Waals surface area (Å²) in [5.74, 6) is -0.693. The van der Waals surface area contributed by atoms with Crippen LogP contribution in [0.25, 0.3) is 0 Å². The first-order valence-corrected chi connectivity index (χ1v) is 7.64. The minimum Gasteiger partial charge on any atom is -0.322 e. The Bertz CT molecular complexity index is 698. The Labute approximate surface area is 127 Å². The Balaban J connectivity index is 1.68. The van der Waals surface area contributed by atoms with E-state index < -0.39 is 6.04 Å². The number of carbonyl (C=O) groups is 3. The van der Waals surface area contributed by atoms with E-state index in [1.165, 1.54) is 5.56 Å². The van der Waals surface area contributed by atoms with Crippen LogP contribution in [-0.4, -0.2) is 35.2 Å². The molecular weight excluding hydrogens is 282 g/mol. The molecule has 6 nitrogen and oxygen atoms in total. The fraction of sp³-hybridized carbons (Fsp3) is 0.438. The number of amides is 3. The topological polar surface area (TPSA) is 78.5 Å². The third-order valence-electron chi connectivity index (χ3n) is 4.77. The molecule has 2 N–H and O–H groups in total. The summed E-state index contributed by atoms with van der Waals surface area (Å²) in [7, 11) is 0. The third kappa shape index (κ3) is 1.94. The van der Waals surface area contributed by atoms with E-state index in [4.69, 9.17) is 0 Å². The van der Waals surface area contributed by atoms with Gasteiger partial charge in [0.2, 0.25) is 11.8 Å². The Morgan fingerprint density at radius 1 is 1.09 bits per heavy atom. The molecule has 1 saturated heterocycles. The van der Waals surface area contributed by atoms with Crippen molar-refractivity contribution in [2.45, 2.75) is 38.4 Å². The van der Waals surface area contributed by atoms with Crippen LogP contribution < -0.4 is 10.6 Å². The molecule has 6 heteroatoms. The first kappa shape index (κ1) is 13.5. The van der Waals surface area contributed by atoms with E-state index in [0.29, 0.717) is 19.5 Å². The molecule has 0 aromatic heterocycles. The number of benzene rings is 1. The Morgan fingerprint density at radius 3 is 2.73 bits per heavy atom. The summed E-state index contributed by atoms with van der Waals surface area (Å²) in [4.78, 5) is 37.8. The molecule has 1 aromatic carbocycles. The molecule has 22 heavy (non-hydrogen) atoms. The molecule has 1 aromatic rings. The predicted molar refractivity (Wildman–Crippen MR) is 77.9 cm³/mol. The Hall–Kier alpha value is -2.21. The van der Waals surface area contributed by atoms with Gasteiger partial charge in [-0.1, -0.05) is 12.1 Å². The van der Waals surface area contributed by atoms with Crippen molar-refractivity contribution in [3.05, 3.63) is 34.4 Å². The summed E-state index contributed by atoms with van der Waals surface area (Å²) in [6.45, 7) is 2.08.